The van der Waals surface area contributed by atoms with Crippen LogP contribution in [-0.4, -0.2) is 33.6 Å². The van der Waals surface area contributed by atoms with Crippen LogP contribution in [0, 0.1) is 13.8 Å². The van der Waals surface area contributed by atoms with Gasteiger partial charge in [0.2, 0.25) is 0 Å². The lowest BCUT2D eigenvalue weighted by atomic mass is 10.0. The van der Waals surface area contributed by atoms with E-state index >= 15 is 0 Å². The molecule has 0 bridgehead atoms. The highest BCUT2D eigenvalue weighted by atomic mass is 32.1. The minimum atomic E-state index is -0.101. The highest BCUT2D eigenvalue weighted by molar-refractivity contribution is 7.11. The van der Waals surface area contributed by atoms with Crippen LogP contribution >= 0.6 is 11.3 Å². The number of hydrogen-bond acceptors (Lipinski definition) is 4. The number of carbonyl (C=O) groups is 2. The van der Waals surface area contributed by atoms with Gasteiger partial charge in [0.15, 0.2) is 5.78 Å². The van der Waals surface area contributed by atoms with Crippen molar-refractivity contribution >= 4 is 23.0 Å². The number of nitrogens with one attached hydrogen (secondary N) is 1. The number of aromatic amines is 1. The highest BCUT2D eigenvalue weighted by Crippen LogP contribution is 2.27. The number of fused-ring (bicyclic) bond motifs is 1. The van der Waals surface area contributed by atoms with Crippen LogP contribution in [0.5, 0.6) is 0 Å². The minimum absolute atomic E-state index is 0.0180. The van der Waals surface area contributed by atoms with Crippen molar-refractivity contribution in [2.24, 2.45) is 0 Å². The van der Waals surface area contributed by atoms with Crippen LogP contribution in [0.2, 0.25) is 0 Å². The SMILES string of the molecule is CC(=O)c1c(C)[nH]c(C(=O)N(C)Cc2nc3c(s2)CCCC3)c1C. The van der Waals surface area contributed by atoms with Gasteiger partial charge >= 0.3 is 0 Å². The first-order chi connectivity index (χ1) is 11.4. The molecule has 0 atom stereocenters. The Morgan fingerprint density at radius 1 is 1.25 bits per heavy atom. The summed E-state index contributed by atoms with van der Waals surface area (Å²) in [6.07, 6.45) is 4.61. The molecule has 6 heteroatoms. The third kappa shape index (κ3) is 3.02. The lowest BCUT2D eigenvalue weighted by molar-refractivity contribution is 0.0779. The third-order valence-corrected chi connectivity index (χ3v) is 5.75. The van der Waals surface area contributed by atoms with Gasteiger partial charge in [0.05, 0.1) is 12.2 Å². The number of carbonyl (C=O) groups excluding carboxylic acids is 2. The summed E-state index contributed by atoms with van der Waals surface area (Å²) in [7, 11) is 1.78. The van der Waals surface area contributed by atoms with E-state index in [1.165, 1.54) is 30.3 Å². The van der Waals surface area contributed by atoms with Gasteiger partial charge in [-0.25, -0.2) is 4.98 Å². The molecule has 24 heavy (non-hydrogen) atoms. The Morgan fingerprint density at radius 3 is 2.58 bits per heavy atom. The van der Waals surface area contributed by atoms with Crippen molar-refractivity contribution in [3.05, 3.63) is 38.1 Å². The average molecular weight is 345 g/mol. The van der Waals surface area contributed by atoms with E-state index in [-0.39, 0.29) is 11.7 Å². The number of thiazole rings is 1. The van der Waals surface area contributed by atoms with Crippen molar-refractivity contribution in [2.75, 3.05) is 7.05 Å². The number of nitrogens with zero attached hydrogens (tertiary/aromatic N) is 2. The molecule has 1 N–H and O–H groups in total. The van der Waals surface area contributed by atoms with Crippen molar-refractivity contribution in [1.29, 1.82) is 0 Å². The molecule has 0 saturated carbocycles. The molecule has 3 rings (SSSR count). The van der Waals surface area contributed by atoms with E-state index in [2.05, 4.69) is 4.98 Å². The van der Waals surface area contributed by atoms with E-state index in [9.17, 15) is 9.59 Å². The summed E-state index contributed by atoms with van der Waals surface area (Å²) in [5, 5.41) is 0.991. The summed E-state index contributed by atoms with van der Waals surface area (Å²) in [6.45, 7) is 5.68. The lowest BCUT2D eigenvalue weighted by Gasteiger charge is -2.15. The molecular weight excluding hydrogens is 322 g/mol. The van der Waals surface area contributed by atoms with E-state index in [1.807, 2.05) is 13.8 Å². The molecule has 0 aliphatic heterocycles. The molecule has 0 fully saturated rings. The first kappa shape index (κ1) is 16.9. The second-order valence-corrected chi connectivity index (χ2v) is 7.70. The average Bonchev–Trinajstić information content (AvgIpc) is 3.06. The fourth-order valence-electron chi connectivity index (χ4n) is 3.43. The van der Waals surface area contributed by atoms with Crippen LogP contribution in [0.4, 0.5) is 0 Å². The van der Waals surface area contributed by atoms with Crippen molar-refractivity contribution in [2.45, 2.75) is 53.0 Å². The van der Waals surface area contributed by atoms with Crippen molar-refractivity contribution in [3.8, 4) is 0 Å². The zero-order valence-corrected chi connectivity index (χ0v) is 15.5. The Kier molecular flexibility index (Phi) is 4.58. The molecular formula is C18H23N3O2S. The Balaban J connectivity index is 1.79. The number of H-pyrrole nitrogens is 1. The van der Waals surface area contributed by atoms with Gasteiger partial charge in [0, 0.05) is 23.2 Å². The van der Waals surface area contributed by atoms with Gasteiger partial charge in [-0.1, -0.05) is 0 Å². The minimum Gasteiger partial charge on any atom is -0.354 e. The number of aryl methyl sites for hydroxylation is 3. The van der Waals surface area contributed by atoms with Crippen LogP contribution in [0.15, 0.2) is 0 Å². The number of Topliss-reactive ketones (excluding diaryl/α,β-unsaturated/α-hetero) is 1. The van der Waals surface area contributed by atoms with Gasteiger partial charge in [0.1, 0.15) is 10.7 Å². The fraction of sp³-hybridized carbons (Fsp3) is 0.500. The number of ketones is 1. The standard InChI is InChI=1S/C18H23N3O2S/c1-10-16(12(3)22)11(2)19-17(10)18(23)21(4)9-15-20-13-7-5-6-8-14(13)24-15/h19H,5-9H2,1-4H3. The van der Waals surface area contributed by atoms with Gasteiger partial charge < -0.3 is 9.88 Å². The van der Waals surface area contributed by atoms with Gasteiger partial charge in [-0.2, -0.15) is 0 Å². The molecule has 0 aromatic carbocycles. The smallest absolute Gasteiger partial charge is 0.270 e. The Bertz CT molecular complexity index is 780. The molecule has 0 unspecified atom stereocenters. The molecule has 0 radical (unpaired) electrons. The maximum Gasteiger partial charge on any atom is 0.270 e. The fourth-order valence-corrected chi connectivity index (χ4v) is 4.64. The number of rotatable bonds is 4. The maximum absolute atomic E-state index is 12.8. The normalized spacial score (nSPS) is 13.7. The van der Waals surface area contributed by atoms with Crippen LogP contribution in [-0.2, 0) is 19.4 Å². The molecule has 2 heterocycles. The summed E-state index contributed by atoms with van der Waals surface area (Å²) in [5.41, 5.74) is 3.82. The third-order valence-electron chi connectivity index (χ3n) is 4.61. The number of aromatic nitrogens is 2. The van der Waals surface area contributed by atoms with Gasteiger partial charge in [0.25, 0.3) is 5.91 Å². The van der Waals surface area contributed by atoms with Crippen molar-refractivity contribution < 1.29 is 9.59 Å². The Morgan fingerprint density at radius 2 is 1.96 bits per heavy atom. The lowest BCUT2D eigenvalue weighted by Crippen LogP contribution is -2.27. The summed E-state index contributed by atoms with van der Waals surface area (Å²) >= 11 is 1.72. The molecule has 2 aromatic heterocycles. The van der Waals surface area contributed by atoms with E-state index in [0.717, 1.165) is 29.1 Å². The summed E-state index contributed by atoms with van der Waals surface area (Å²) in [5.74, 6) is -0.119. The van der Waals surface area contributed by atoms with Crippen LogP contribution < -0.4 is 0 Å². The van der Waals surface area contributed by atoms with Crippen molar-refractivity contribution in [1.82, 2.24) is 14.9 Å². The maximum atomic E-state index is 12.8. The highest BCUT2D eigenvalue weighted by Gasteiger charge is 2.23. The van der Waals surface area contributed by atoms with Gasteiger partial charge in [-0.3, -0.25) is 9.59 Å². The predicted molar refractivity (Wildman–Crippen MR) is 94.8 cm³/mol. The quantitative estimate of drug-likeness (QED) is 0.863. The number of hydrogen-bond donors (Lipinski definition) is 1. The van der Waals surface area contributed by atoms with Gasteiger partial charge in [-0.05, 0) is 52.0 Å². The largest absolute Gasteiger partial charge is 0.354 e. The molecule has 128 valence electrons. The molecule has 0 saturated heterocycles. The molecule has 2 aromatic rings. The summed E-state index contributed by atoms with van der Waals surface area (Å²) in [6, 6.07) is 0. The molecule has 1 aliphatic carbocycles. The topological polar surface area (TPSA) is 66.1 Å². The number of amides is 1. The summed E-state index contributed by atoms with van der Waals surface area (Å²) in [4.78, 5) is 35.3. The summed E-state index contributed by atoms with van der Waals surface area (Å²) < 4.78 is 0. The predicted octanol–water partition coefficient (Wildman–Crippen LogP) is 3.44. The first-order valence-corrected chi connectivity index (χ1v) is 9.13. The zero-order valence-electron chi connectivity index (χ0n) is 14.7. The zero-order chi connectivity index (χ0) is 17.4. The Hall–Kier alpha value is -1.95. The van der Waals surface area contributed by atoms with E-state index in [4.69, 9.17) is 4.98 Å². The second-order valence-electron chi connectivity index (χ2n) is 6.53. The van der Waals surface area contributed by atoms with Gasteiger partial charge in [-0.15, -0.1) is 11.3 Å². The molecule has 0 spiro atoms. The van der Waals surface area contributed by atoms with Crippen molar-refractivity contribution in [3.63, 3.8) is 0 Å². The van der Waals surface area contributed by atoms with Crippen LogP contribution in [0.3, 0.4) is 0 Å². The Labute approximate surface area is 146 Å². The van der Waals surface area contributed by atoms with Crippen LogP contribution in [0.1, 0.15) is 67.4 Å². The molecule has 1 aliphatic rings. The second kappa shape index (κ2) is 6.51. The monoisotopic (exact) mass is 345 g/mol. The molecule has 1 amide bonds. The van der Waals surface area contributed by atoms with E-state index < -0.39 is 0 Å². The van der Waals surface area contributed by atoms with E-state index in [0.29, 0.717) is 17.8 Å². The first-order valence-electron chi connectivity index (χ1n) is 8.31. The van der Waals surface area contributed by atoms with Crippen LogP contribution in [0.25, 0.3) is 0 Å². The molecule has 5 nitrogen and oxygen atoms in total. The van der Waals surface area contributed by atoms with E-state index in [1.54, 1.807) is 23.3 Å².